The predicted molar refractivity (Wildman–Crippen MR) is 62.5 cm³/mol. The smallest absolute Gasteiger partial charge is 0.187 e. The van der Waals surface area contributed by atoms with Crippen molar-refractivity contribution < 1.29 is 5.11 Å². The van der Waals surface area contributed by atoms with Crippen LogP contribution in [0.3, 0.4) is 0 Å². The average molecular weight is 220 g/mol. The number of nitrogens with one attached hydrogen (secondary N) is 1. The van der Waals surface area contributed by atoms with E-state index in [0.29, 0.717) is 0 Å². The molecule has 0 amide bonds. The van der Waals surface area contributed by atoms with Crippen molar-refractivity contribution >= 4 is 22.2 Å². The van der Waals surface area contributed by atoms with Gasteiger partial charge in [-0.05, 0) is 13.0 Å². The molecule has 0 unspecified atom stereocenters. The Labute approximate surface area is 92.4 Å². The van der Waals surface area contributed by atoms with Gasteiger partial charge in [-0.25, -0.2) is 4.98 Å². The van der Waals surface area contributed by atoms with Crippen molar-refractivity contribution in [3.05, 3.63) is 40.9 Å². The summed E-state index contributed by atoms with van der Waals surface area (Å²) in [5.74, 6) is 0. The van der Waals surface area contributed by atoms with Gasteiger partial charge in [0.25, 0.3) is 0 Å². The summed E-state index contributed by atoms with van der Waals surface area (Å²) in [6.07, 6.45) is 1.75. The Morgan fingerprint density at radius 2 is 2.33 bits per heavy atom. The fourth-order valence-electron chi connectivity index (χ4n) is 1.38. The van der Waals surface area contributed by atoms with Gasteiger partial charge in [0.05, 0.1) is 6.61 Å². The molecule has 2 rings (SSSR count). The highest BCUT2D eigenvalue weighted by Crippen LogP contribution is 2.23. The average Bonchev–Trinajstić information content (AvgIpc) is 2.73. The molecule has 0 atom stereocenters. The molecule has 0 aliphatic carbocycles. The number of benzene rings is 1. The van der Waals surface area contributed by atoms with Gasteiger partial charge in [0.15, 0.2) is 5.13 Å². The van der Waals surface area contributed by atoms with Gasteiger partial charge in [-0.3, -0.25) is 0 Å². The molecule has 0 saturated carbocycles. The fraction of sp³-hybridized carbons (Fsp3) is 0.182. The van der Waals surface area contributed by atoms with Crippen LogP contribution in [0.4, 0.5) is 10.8 Å². The fourth-order valence-corrected chi connectivity index (χ4v) is 1.92. The van der Waals surface area contributed by atoms with Crippen molar-refractivity contribution in [2.75, 3.05) is 5.32 Å². The molecule has 15 heavy (non-hydrogen) atoms. The van der Waals surface area contributed by atoms with Crippen molar-refractivity contribution in [2.45, 2.75) is 13.5 Å². The number of aliphatic hydroxyl groups is 1. The lowest BCUT2D eigenvalue weighted by molar-refractivity contribution is 0.282. The van der Waals surface area contributed by atoms with Crippen molar-refractivity contribution in [1.29, 1.82) is 0 Å². The summed E-state index contributed by atoms with van der Waals surface area (Å²) in [4.78, 5) is 4.14. The zero-order chi connectivity index (χ0) is 10.7. The Bertz CT molecular complexity index is 440. The first-order valence-corrected chi connectivity index (χ1v) is 5.54. The minimum Gasteiger partial charge on any atom is -0.392 e. The number of anilines is 2. The third kappa shape index (κ3) is 2.34. The van der Waals surface area contributed by atoms with Crippen LogP contribution in [0.15, 0.2) is 29.8 Å². The molecule has 0 radical (unpaired) electrons. The van der Waals surface area contributed by atoms with Gasteiger partial charge >= 0.3 is 0 Å². The lowest BCUT2D eigenvalue weighted by atomic mass is 10.1. The van der Waals surface area contributed by atoms with Gasteiger partial charge in [0.2, 0.25) is 0 Å². The largest absolute Gasteiger partial charge is 0.392 e. The number of hydrogen-bond acceptors (Lipinski definition) is 4. The molecule has 3 nitrogen and oxygen atoms in total. The summed E-state index contributed by atoms with van der Waals surface area (Å²) >= 11 is 1.54. The topological polar surface area (TPSA) is 45.2 Å². The van der Waals surface area contributed by atoms with E-state index in [0.717, 1.165) is 21.9 Å². The van der Waals surface area contributed by atoms with Crippen molar-refractivity contribution in [2.24, 2.45) is 0 Å². The van der Waals surface area contributed by atoms with E-state index >= 15 is 0 Å². The van der Waals surface area contributed by atoms with Crippen LogP contribution in [0.1, 0.15) is 11.1 Å². The van der Waals surface area contributed by atoms with Crippen LogP contribution >= 0.6 is 11.3 Å². The molecule has 0 aliphatic heterocycles. The predicted octanol–water partition coefficient (Wildman–Crippen LogP) is 2.69. The van der Waals surface area contributed by atoms with E-state index in [2.05, 4.69) is 10.3 Å². The van der Waals surface area contributed by atoms with Crippen LogP contribution in [0, 0.1) is 6.92 Å². The first-order valence-electron chi connectivity index (χ1n) is 4.66. The van der Waals surface area contributed by atoms with Crippen LogP contribution in [0.25, 0.3) is 0 Å². The van der Waals surface area contributed by atoms with Gasteiger partial charge in [0, 0.05) is 22.8 Å². The Morgan fingerprint density at radius 3 is 3.00 bits per heavy atom. The summed E-state index contributed by atoms with van der Waals surface area (Å²) in [6.45, 7) is 2.04. The van der Waals surface area contributed by atoms with Gasteiger partial charge in [-0.15, -0.1) is 11.3 Å². The van der Waals surface area contributed by atoms with E-state index < -0.39 is 0 Å². The summed E-state index contributed by atoms with van der Waals surface area (Å²) in [5, 5.41) is 15.1. The van der Waals surface area contributed by atoms with Gasteiger partial charge in [-0.1, -0.05) is 17.7 Å². The monoisotopic (exact) mass is 220 g/mol. The zero-order valence-electron chi connectivity index (χ0n) is 8.40. The highest BCUT2D eigenvalue weighted by molar-refractivity contribution is 7.13. The van der Waals surface area contributed by atoms with E-state index in [-0.39, 0.29) is 6.61 Å². The highest BCUT2D eigenvalue weighted by atomic mass is 32.1. The number of hydrogen-bond donors (Lipinski definition) is 2. The van der Waals surface area contributed by atoms with Crippen molar-refractivity contribution in [3.63, 3.8) is 0 Å². The number of nitrogens with zero attached hydrogens (tertiary/aromatic N) is 1. The maximum Gasteiger partial charge on any atom is 0.187 e. The van der Waals surface area contributed by atoms with Gasteiger partial charge < -0.3 is 10.4 Å². The maximum absolute atomic E-state index is 9.21. The lowest BCUT2D eigenvalue weighted by Gasteiger charge is -2.08. The molecule has 0 spiro atoms. The molecule has 0 bridgehead atoms. The van der Waals surface area contributed by atoms with Gasteiger partial charge in [-0.2, -0.15) is 0 Å². The molecule has 0 fully saturated rings. The molecular formula is C11H12N2OS. The van der Waals surface area contributed by atoms with Crippen LogP contribution in [-0.4, -0.2) is 10.1 Å². The quantitative estimate of drug-likeness (QED) is 0.836. The zero-order valence-corrected chi connectivity index (χ0v) is 9.21. The number of thiazole rings is 1. The van der Waals surface area contributed by atoms with E-state index in [1.165, 1.54) is 11.3 Å². The Hall–Kier alpha value is -1.39. The molecule has 0 saturated heterocycles. The van der Waals surface area contributed by atoms with E-state index in [4.69, 9.17) is 0 Å². The summed E-state index contributed by atoms with van der Waals surface area (Å²) in [7, 11) is 0. The van der Waals surface area contributed by atoms with Crippen LogP contribution in [0.2, 0.25) is 0 Å². The van der Waals surface area contributed by atoms with Crippen molar-refractivity contribution in [3.8, 4) is 0 Å². The Kier molecular flexibility index (Phi) is 2.99. The maximum atomic E-state index is 9.21. The van der Waals surface area contributed by atoms with Gasteiger partial charge in [0.1, 0.15) is 0 Å². The second kappa shape index (κ2) is 4.42. The van der Waals surface area contributed by atoms with Crippen LogP contribution in [-0.2, 0) is 6.61 Å². The summed E-state index contributed by atoms with van der Waals surface area (Å²) < 4.78 is 0. The van der Waals surface area contributed by atoms with E-state index in [1.807, 2.05) is 30.5 Å². The molecule has 2 N–H and O–H groups in total. The minimum atomic E-state index is 0.0371. The molecule has 4 heteroatoms. The summed E-state index contributed by atoms with van der Waals surface area (Å²) in [5.41, 5.74) is 2.95. The summed E-state index contributed by atoms with van der Waals surface area (Å²) in [6, 6.07) is 5.94. The Morgan fingerprint density at radius 1 is 1.47 bits per heavy atom. The molecule has 2 aromatic rings. The number of rotatable bonds is 3. The first-order chi connectivity index (χ1) is 7.29. The SMILES string of the molecule is Cc1ccc(Nc2nccs2)c(CO)c1. The second-order valence-electron chi connectivity index (χ2n) is 3.28. The first kappa shape index (κ1) is 10.1. The molecule has 1 aromatic heterocycles. The molecule has 1 aromatic carbocycles. The lowest BCUT2D eigenvalue weighted by Crippen LogP contribution is -1.96. The standard InChI is InChI=1S/C11H12N2OS/c1-8-2-3-10(9(6-8)7-14)13-11-12-4-5-15-11/h2-6,14H,7H2,1H3,(H,12,13). The second-order valence-corrected chi connectivity index (χ2v) is 4.18. The third-order valence-electron chi connectivity index (χ3n) is 2.11. The Balaban J connectivity index is 2.28. The number of aliphatic hydroxyl groups excluding tert-OH is 1. The number of aryl methyl sites for hydroxylation is 1. The molecule has 0 aliphatic rings. The van der Waals surface area contributed by atoms with Crippen molar-refractivity contribution in [1.82, 2.24) is 4.98 Å². The molecule has 78 valence electrons. The number of aromatic nitrogens is 1. The van der Waals surface area contributed by atoms with Crippen LogP contribution in [0.5, 0.6) is 0 Å². The molecule has 1 heterocycles. The molecular weight excluding hydrogens is 208 g/mol. The highest BCUT2D eigenvalue weighted by Gasteiger charge is 2.03. The van der Waals surface area contributed by atoms with E-state index in [1.54, 1.807) is 6.20 Å². The van der Waals surface area contributed by atoms with Crippen LogP contribution < -0.4 is 5.32 Å². The minimum absolute atomic E-state index is 0.0371. The normalized spacial score (nSPS) is 10.3. The third-order valence-corrected chi connectivity index (χ3v) is 2.79. The van der Waals surface area contributed by atoms with E-state index in [9.17, 15) is 5.11 Å².